The Hall–Kier alpha value is -1.88. The third-order valence-corrected chi connectivity index (χ3v) is 5.47. The molecule has 3 rings (SSSR count). The van der Waals surface area contributed by atoms with E-state index in [1.165, 1.54) is 12.8 Å². The van der Waals surface area contributed by atoms with Crippen molar-refractivity contribution < 1.29 is 14.3 Å². The number of rotatable bonds is 9. The van der Waals surface area contributed by atoms with Gasteiger partial charge in [0, 0.05) is 24.5 Å². The number of likely N-dealkylation sites (tertiary alicyclic amines) is 1. The van der Waals surface area contributed by atoms with E-state index in [1.54, 1.807) is 0 Å². The van der Waals surface area contributed by atoms with E-state index in [0.29, 0.717) is 19.6 Å². The van der Waals surface area contributed by atoms with Crippen LogP contribution in [0, 0.1) is 0 Å². The van der Waals surface area contributed by atoms with Crippen LogP contribution in [-0.4, -0.2) is 36.8 Å². The average Bonchev–Trinajstić information content (AvgIpc) is 2.74. The number of carbonyl (C=O) groups is 1. The molecule has 0 spiro atoms. The number of halogens is 1. The minimum Gasteiger partial charge on any atom is -0.466 e. The van der Waals surface area contributed by atoms with Gasteiger partial charge in [0.2, 0.25) is 0 Å². The molecule has 29 heavy (non-hydrogen) atoms. The Kier molecular flexibility index (Phi) is 8.53. The molecular weight excluding hydrogens is 386 g/mol. The minimum absolute atomic E-state index is 0.109. The van der Waals surface area contributed by atoms with E-state index in [0.717, 1.165) is 47.6 Å². The van der Waals surface area contributed by atoms with Crippen LogP contribution >= 0.6 is 11.6 Å². The summed E-state index contributed by atoms with van der Waals surface area (Å²) in [5, 5.41) is 0.746. The van der Waals surface area contributed by atoms with Gasteiger partial charge in [0.1, 0.15) is 6.23 Å². The van der Waals surface area contributed by atoms with E-state index < -0.39 is 0 Å². The lowest BCUT2D eigenvalue weighted by Crippen LogP contribution is -2.41. The second-order valence-electron chi connectivity index (χ2n) is 7.41. The average molecular weight is 416 g/mol. The fourth-order valence-corrected chi connectivity index (χ4v) is 3.91. The van der Waals surface area contributed by atoms with Crippen LogP contribution in [0.4, 0.5) is 0 Å². The molecule has 4 nitrogen and oxygen atoms in total. The van der Waals surface area contributed by atoms with Crippen LogP contribution in [0.3, 0.4) is 0 Å². The van der Waals surface area contributed by atoms with Gasteiger partial charge >= 0.3 is 5.97 Å². The summed E-state index contributed by atoms with van der Waals surface area (Å²) in [5.41, 5.74) is 3.42. The lowest BCUT2D eigenvalue weighted by molar-refractivity contribution is -0.143. The molecule has 0 aliphatic carbocycles. The van der Waals surface area contributed by atoms with Gasteiger partial charge in [-0.3, -0.25) is 9.69 Å². The van der Waals surface area contributed by atoms with E-state index >= 15 is 0 Å². The van der Waals surface area contributed by atoms with Crippen LogP contribution in [0.1, 0.15) is 44.6 Å². The van der Waals surface area contributed by atoms with Gasteiger partial charge in [-0.2, -0.15) is 0 Å². The highest BCUT2D eigenvalue weighted by molar-refractivity contribution is 6.30. The van der Waals surface area contributed by atoms with Crippen LogP contribution in [0.2, 0.25) is 5.02 Å². The maximum atomic E-state index is 11.5. The van der Waals surface area contributed by atoms with Crippen LogP contribution in [0.25, 0.3) is 11.1 Å². The van der Waals surface area contributed by atoms with Crippen molar-refractivity contribution in [3.05, 3.63) is 59.1 Å². The van der Waals surface area contributed by atoms with Gasteiger partial charge in [-0.25, -0.2) is 0 Å². The molecule has 1 aliphatic rings. The minimum atomic E-state index is -0.109. The third-order valence-electron chi connectivity index (χ3n) is 5.24. The van der Waals surface area contributed by atoms with Gasteiger partial charge in [-0.05, 0) is 61.4 Å². The maximum absolute atomic E-state index is 11.5. The number of esters is 1. The number of hydrogen-bond donors (Lipinski definition) is 0. The SMILES string of the molecule is CCOC(=O)CCCN1CCCCC1OCc1ccc(-c2cccc(Cl)c2)cc1. The lowest BCUT2D eigenvalue weighted by atomic mass is 10.0. The second-order valence-corrected chi connectivity index (χ2v) is 7.85. The fraction of sp³-hybridized carbons (Fsp3) is 0.458. The second kappa shape index (κ2) is 11.3. The van der Waals surface area contributed by atoms with E-state index in [1.807, 2.05) is 25.1 Å². The fourth-order valence-electron chi connectivity index (χ4n) is 3.72. The number of carbonyl (C=O) groups excluding carboxylic acids is 1. The van der Waals surface area contributed by atoms with Gasteiger partial charge < -0.3 is 9.47 Å². The first-order valence-corrected chi connectivity index (χ1v) is 10.9. The summed E-state index contributed by atoms with van der Waals surface area (Å²) in [6.07, 6.45) is 4.83. The molecule has 1 heterocycles. The molecule has 0 bridgehead atoms. The highest BCUT2D eigenvalue weighted by atomic mass is 35.5. The van der Waals surface area contributed by atoms with E-state index in [2.05, 4.69) is 35.2 Å². The summed E-state index contributed by atoms with van der Waals surface area (Å²) >= 11 is 6.09. The predicted molar refractivity (Wildman–Crippen MR) is 117 cm³/mol. The van der Waals surface area contributed by atoms with Crippen molar-refractivity contribution >= 4 is 17.6 Å². The largest absolute Gasteiger partial charge is 0.466 e. The van der Waals surface area contributed by atoms with Crippen LogP contribution in [-0.2, 0) is 20.9 Å². The molecule has 1 saturated heterocycles. The van der Waals surface area contributed by atoms with Gasteiger partial charge in [0.05, 0.1) is 13.2 Å². The normalized spacial score (nSPS) is 17.2. The first kappa shape index (κ1) is 21.8. The van der Waals surface area contributed by atoms with Gasteiger partial charge in [0.15, 0.2) is 0 Å². The summed E-state index contributed by atoms with van der Waals surface area (Å²) in [4.78, 5) is 13.9. The standard InChI is InChI=1S/C24H30ClNO3/c1-2-28-24(27)10-6-16-26-15-4-3-9-23(26)29-18-19-11-13-20(14-12-19)21-7-5-8-22(25)17-21/h5,7-8,11-14,17,23H,2-4,6,9-10,15-16,18H2,1H3. The summed E-state index contributed by atoms with van der Waals surface area (Å²) < 4.78 is 11.3. The van der Waals surface area contributed by atoms with Crippen LogP contribution in [0.15, 0.2) is 48.5 Å². The van der Waals surface area contributed by atoms with Gasteiger partial charge in [0.25, 0.3) is 0 Å². The Morgan fingerprint density at radius 1 is 1.14 bits per heavy atom. The highest BCUT2D eigenvalue weighted by Crippen LogP contribution is 2.24. The Labute approximate surface area is 178 Å². The smallest absolute Gasteiger partial charge is 0.305 e. The monoisotopic (exact) mass is 415 g/mol. The zero-order valence-corrected chi connectivity index (χ0v) is 17.9. The molecule has 5 heteroatoms. The first-order valence-electron chi connectivity index (χ1n) is 10.5. The molecule has 1 unspecified atom stereocenters. The lowest BCUT2D eigenvalue weighted by Gasteiger charge is -2.35. The van der Waals surface area contributed by atoms with E-state index in [-0.39, 0.29) is 12.2 Å². The molecule has 0 aromatic heterocycles. The Morgan fingerprint density at radius 2 is 1.97 bits per heavy atom. The van der Waals surface area contributed by atoms with Crippen molar-refractivity contribution in [2.24, 2.45) is 0 Å². The van der Waals surface area contributed by atoms with E-state index in [9.17, 15) is 4.79 Å². The van der Waals surface area contributed by atoms with Crippen molar-refractivity contribution in [2.75, 3.05) is 19.7 Å². The quantitative estimate of drug-likeness (QED) is 0.494. The number of piperidine rings is 1. The molecule has 2 aromatic carbocycles. The molecule has 0 saturated carbocycles. The Bertz CT molecular complexity index is 778. The molecule has 0 amide bonds. The Balaban J connectivity index is 1.50. The maximum Gasteiger partial charge on any atom is 0.305 e. The van der Waals surface area contributed by atoms with Crippen molar-refractivity contribution in [3.63, 3.8) is 0 Å². The van der Waals surface area contributed by atoms with Crippen molar-refractivity contribution in [1.82, 2.24) is 4.90 Å². The molecule has 1 aliphatic heterocycles. The van der Waals surface area contributed by atoms with Gasteiger partial charge in [-0.1, -0.05) is 48.0 Å². The molecule has 2 aromatic rings. The molecule has 0 radical (unpaired) electrons. The zero-order valence-electron chi connectivity index (χ0n) is 17.1. The number of benzene rings is 2. The predicted octanol–water partition coefficient (Wildman–Crippen LogP) is 5.68. The van der Waals surface area contributed by atoms with Crippen molar-refractivity contribution in [2.45, 2.75) is 51.9 Å². The van der Waals surface area contributed by atoms with E-state index in [4.69, 9.17) is 21.1 Å². The van der Waals surface area contributed by atoms with Crippen LogP contribution in [0.5, 0.6) is 0 Å². The van der Waals surface area contributed by atoms with Crippen molar-refractivity contribution in [1.29, 1.82) is 0 Å². The van der Waals surface area contributed by atoms with Crippen molar-refractivity contribution in [3.8, 4) is 11.1 Å². The molecule has 0 N–H and O–H groups in total. The topological polar surface area (TPSA) is 38.8 Å². The molecular formula is C24H30ClNO3. The van der Waals surface area contributed by atoms with Crippen LogP contribution < -0.4 is 0 Å². The summed E-state index contributed by atoms with van der Waals surface area (Å²) in [5.74, 6) is -0.109. The Morgan fingerprint density at radius 3 is 2.72 bits per heavy atom. The molecule has 156 valence electrons. The number of nitrogens with zero attached hydrogens (tertiary/aromatic N) is 1. The molecule has 1 atom stereocenters. The van der Waals surface area contributed by atoms with Gasteiger partial charge in [-0.15, -0.1) is 0 Å². The highest BCUT2D eigenvalue weighted by Gasteiger charge is 2.22. The summed E-state index contributed by atoms with van der Waals surface area (Å²) in [7, 11) is 0. The third kappa shape index (κ3) is 6.84. The number of ether oxygens (including phenoxy) is 2. The zero-order chi connectivity index (χ0) is 20.5. The number of hydrogen-bond acceptors (Lipinski definition) is 4. The summed E-state index contributed by atoms with van der Waals surface area (Å²) in [6, 6.07) is 16.3. The first-order chi connectivity index (χ1) is 14.2. The molecule has 1 fully saturated rings. The summed E-state index contributed by atoms with van der Waals surface area (Å²) in [6.45, 7) is 4.78.